The van der Waals surface area contributed by atoms with Crippen LogP contribution in [0.15, 0.2) is 16.8 Å². The van der Waals surface area contributed by atoms with Crippen LogP contribution < -0.4 is 5.32 Å². The van der Waals surface area contributed by atoms with Crippen LogP contribution in [-0.2, 0) is 0 Å². The molecule has 0 fully saturated rings. The molecule has 1 aliphatic rings. The van der Waals surface area contributed by atoms with E-state index in [2.05, 4.69) is 44.1 Å². The van der Waals surface area contributed by atoms with Crippen LogP contribution in [0, 0.1) is 5.41 Å². The van der Waals surface area contributed by atoms with Gasteiger partial charge in [0.2, 0.25) is 0 Å². The normalized spacial score (nSPS) is 23.1. The van der Waals surface area contributed by atoms with Gasteiger partial charge >= 0.3 is 0 Å². The molecule has 0 aromatic rings. The van der Waals surface area contributed by atoms with Crippen molar-refractivity contribution in [1.29, 1.82) is 0 Å². The molecule has 1 N–H and O–H groups in total. The minimum absolute atomic E-state index is 0.109. The average Bonchev–Trinajstić information content (AvgIpc) is 2.25. The van der Waals surface area contributed by atoms with Crippen LogP contribution in [0.5, 0.6) is 0 Å². The standard InChI is InChI=1S/C11H20N2/c1-5-6-7-12-10-11(3,4)8-9(2)13-10/h8H,5-7H2,1-4H3,(H,12,13). The van der Waals surface area contributed by atoms with Crippen molar-refractivity contribution < 1.29 is 0 Å². The van der Waals surface area contributed by atoms with Crippen LogP contribution in [0.4, 0.5) is 0 Å². The fourth-order valence-electron chi connectivity index (χ4n) is 1.59. The molecular weight excluding hydrogens is 160 g/mol. The highest BCUT2D eigenvalue weighted by Crippen LogP contribution is 2.25. The number of nitrogens with zero attached hydrogens (tertiary/aromatic N) is 1. The summed E-state index contributed by atoms with van der Waals surface area (Å²) in [5, 5.41) is 3.31. The van der Waals surface area contributed by atoms with E-state index in [1.807, 2.05) is 0 Å². The second-order valence-electron chi connectivity index (χ2n) is 4.26. The molecule has 0 aromatic heterocycles. The number of unbranched alkanes of at least 4 members (excludes halogenated alkanes) is 1. The van der Waals surface area contributed by atoms with Crippen LogP contribution in [0.3, 0.4) is 0 Å². The number of allylic oxidation sites excluding steroid dienone is 1. The van der Waals surface area contributed by atoms with Gasteiger partial charge in [-0.25, -0.2) is 0 Å². The van der Waals surface area contributed by atoms with Gasteiger partial charge in [-0.2, -0.15) is 0 Å². The maximum absolute atomic E-state index is 4.57. The van der Waals surface area contributed by atoms with Crippen LogP contribution in [-0.4, -0.2) is 12.4 Å². The molecule has 2 heteroatoms. The van der Waals surface area contributed by atoms with Gasteiger partial charge in [0.15, 0.2) is 0 Å². The second kappa shape index (κ2) is 3.95. The third-order valence-electron chi connectivity index (χ3n) is 2.28. The molecule has 0 bridgehead atoms. The minimum Gasteiger partial charge on any atom is -0.347 e. The average molecular weight is 180 g/mol. The Bertz CT molecular complexity index is 236. The molecule has 0 radical (unpaired) electrons. The smallest absolute Gasteiger partial charge is 0.110 e. The summed E-state index contributed by atoms with van der Waals surface area (Å²) in [7, 11) is 0. The first-order valence-corrected chi connectivity index (χ1v) is 5.07. The highest BCUT2D eigenvalue weighted by molar-refractivity contribution is 5.93. The van der Waals surface area contributed by atoms with Gasteiger partial charge in [0, 0.05) is 17.7 Å². The molecule has 0 atom stereocenters. The van der Waals surface area contributed by atoms with Crippen molar-refractivity contribution in [2.45, 2.75) is 40.5 Å². The first-order valence-electron chi connectivity index (χ1n) is 5.07. The van der Waals surface area contributed by atoms with E-state index in [0.717, 1.165) is 12.4 Å². The summed E-state index contributed by atoms with van der Waals surface area (Å²) in [6, 6.07) is 0. The van der Waals surface area contributed by atoms with Gasteiger partial charge in [-0.15, -0.1) is 0 Å². The lowest BCUT2D eigenvalue weighted by molar-refractivity contribution is 0.670. The second-order valence-corrected chi connectivity index (χ2v) is 4.26. The quantitative estimate of drug-likeness (QED) is 0.663. The molecule has 2 nitrogen and oxygen atoms in total. The van der Waals surface area contributed by atoms with E-state index in [1.165, 1.54) is 18.5 Å². The van der Waals surface area contributed by atoms with Crippen LogP contribution in [0.2, 0.25) is 0 Å². The topological polar surface area (TPSA) is 24.4 Å². The Morgan fingerprint density at radius 1 is 1.46 bits per heavy atom. The molecule has 0 spiro atoms. The predicted octanol–water partition coefficient (Wildman–Crippen LogP) is 2.72. The molecule has 1 heterocycles. The summed E-state index contributed by atoms with van der Waals surface area (Å²) in [5.74, 6) is 1.12. The van der Waals surface area contributed by atoms with E-state index in [9.17, 15) is 0 Å². The van der Waals surface area contributed by atoms with E-state index < -0.39 is 0 Å². The van der Waals surface area contributed by atoms with Crippen molar-refractivity contribution >= 4 is 5.84 Å². The zero-order valence-electron chi connectivity index (χ0n) is 9.15. The third-order valence-corrected chi connectivity index (χ3v) is 2.28. The summed E-state index contributed by atoms with van der Waals surface area (Å²) in [4.78, 5) is 4.57. The molecule has 1 rings (SSSR count). The molecule has 0 saturated heterocycles. The summed E-state index contributed by atoms with van der Waals surface area (Å²) in [6.07, 6.45) is 4.63. The molecular formula is C11H20N2. The van der Waals surface area contributed by atoms with Crippen molar-refractivity contribution in [3.63, 3.8) is 0 Å². The SMILES string of the molecule is CCCCN=C1NC(C)=CC1(C)C. The summed E-state index contributed by atoms with van der Waals surface area (Å²) in [6.45, 7) is 9.62. The van der Waals surface area contributed by atoms with Gasteiger partial charge in [-0.05, 0) is 27.2 Å². The predicted molar refractivity (Wildman–Crippen MR) is 57.9 cm³/mol. The van der Waals surface area contributed by atoms with Crippen LogP contribution in [0.1, 0.15) is 40.5 Å². The highest BCUT2D eigenvalue weighted by Gasteiger charge is 2.27. The highest BCUT2D eigenvalue weighted by atomic mass is 15.0. The molecule has 13 heavy (non-hydrogen) atoms. The Morgan fingerprint density at radius 2 is 2.15 bits per heavy atom. The largest absolute Gasteiger partial charge is 0.347 e. The Balaban J connectivity index is 2.58. The third kappa shape index (κ3) is 2.58. The molecule has 1 aliphatic heterocycles. The lowest BCUT2D eigenvalue weighted by atomic mass is 9.94. The first kappa shape index (κ1) is 10.3. The van der Waals surface area contributed by atoms with Gasteiger partial charge in [0.05, 0.1) is 0 Å². The Labute approximate surface area is 81.1 Å². The fourth-order valence-corrected chi connectivity index (χ4v) is 1.59. The molecule has 0 aromatic carbocycles. The van der Waals surface area contributed by atoms with E-state index in [1.54, 1.807) is 0 Å². The summed E-state index contributed by atoms with van der Waals surface area (Å²) < 4.78 is 0. The lowest BCUT2D eigenvalue weighted by Crippen LogP contribution is -2.27. The molecule has 0 amide bonds. The van der Waals surface area contributed by atoms with Gasteiger partial charge in [-0.3, -0.25) is 4.99 Å². The van der Waals surface area contributed by atoms with Crippen LogP contribution >= 0.6 is 0 Å². The Morgan fingerprint density at radius 3 is 2.62 bits per heavy atom. The number of aliphatic imine (C=N–C) groups is 1. The molecule has 0 aliphatic carbocycles. The fraction of sp³-hybridized carbons (Fsp3) is 0.727. The minimum atomic E-state index is 0.109. The number of hydrogen-bond acceptors (Lipinski definition) is 1. The zero-order chi connectivity index (χ0) is 9.90. The van der Waals surface area contributed by atoms with Gasteiger partial charge < -0.3 is 5.32 Å². The van der Waals surface area contributed by atoms with E-state index >= 15 is 0 Å². The number of hydrogen-bond donors (Lipinski definition) is 1. The maximum atomic E-state index is 4.57. The van der Waals surface area contributed by atoms with Crippen molar-refractivity contribution in [3.8, 4) is 0 Å². The van der Waals surface area contributed by atoms with Gasteiger partial charge in [0.25, 0.3) is 0 Å². The number of amidine groups is 1. The first-order chi connectivity index (χ1) is 6.06. The van der Waals surface area contributed by atoms with Crippen molar-refractivity contribution in [2.24, 2.45) is 10.4 Å². The summed E-state index contributed by atoms with van der Waals surface area (Å²) in [5.41, 5.74) is 1.33. The van der Waals surface area contributed by atoms with Crippen molar-refractivity contribution in [1.82, 2.24) is 5.32 Å². The van der Waals surface area contributed by atoms with Gasteiger partial charge in [0.1, 0.15) is 5.84 Å². The molecule has 0 unspecified atom stereocenters. The summed E-state index contributed by atoms with van der Waals surface area (Å²) >= 11 is 0. The number of rotatable bonds is 3. The van der Waals surface area contributed by atoms with E-state index in [4.69, 9.17) is 0 Å². The molecule has 0 saturated carbocycles. The monoisotopic (exact) mass is 180 g/mol. The number of nitrogens with one attached hydrogen (secondary N) is 1. The Hall–Kier alpha value is -0.790. The van der Waals surface area contributed by atoms with Crippen LogP contribution in [0.25, 0.3) is 0 Å². The maximum Gasteiger partial charge on any atom is 0.110 e. The Kier molecular flexibility index (Phi) is 3.12. The van der Waals surface area contributed by atoms with E-state index in [0.29, 0.717) is 0 Å². The van der Waals surface area contributed by atoms with Gasteiger partial charge in [-0.1, -0.05) is 19.4 Å². The molecule has 74 valence electrons. The van der Waals surface area contributed by atoms with Crippen molar-refractivity contribution in [3.05, 3.63) is 11.8 Å². The zero-order valence-corrected chi connectivity index (χ0v) is 9.15. The lowest BCUT2D eigenvalue weighted by Gasteiger charge is -2.16. The van der Waals surface area contributed by atoms with E-state index in [-0.39, 0.29) is 5.41 Å². The van der Waals surface area contributed by atoms with Crippen molar-refractivity contribution in [2.75, 3.05) is 6.54 Å².